The molecule has 0 aromatic heterocycles. The lowest BCUT2D eigenvalue weighted by molar-refractivity contribution is -0.164. The summed E-state index contributed by atoms with van der Waals surface area (Å²) in [6, 6.07) is 0. The topological polar surface area (TPSA) is 116 Å². The summed E-state index contributed by atoms with van der Waals surface area (Å²) in [5.41, 5.74) is 0. The fraction of sp³-hybridized carbons (Fsp3) is 0.833. The molecule has 8 nitrogen and oxygen atoms in total. The number of halogens is 2. The van der Waals surface area contributed by atoms with E-state index < -0.39 is 27.9 Å². The standard InChI is InChI=1S/C12H14F2O8S/c13-12(14,23(17,18)19)11(16)21-2-1-20-8-5-3-6-7(4-5)10(15)22-9(6)8/h5-9H,1-4H2,(H,17,18,19). The van der Waals surface area contributed by atoms with Crippen LogP contribution in [0.15, 0.2) is 0 Å². The first-order valence-electron chi connectivity index (χ1n) is 6.97. The molecule has 11 heteroatoms. The van der Waals surface area contributed by atoms with Gasteiger partial charge in [-0.05, 0) is 18.8 Å². The number of rotatable bonds is 6. The Hall–Kier alpha value is -1.33. The predicted octanol–water partition coefficient (Wildman–Crippen LogP) is -0.0232. The van der Waals surface area contributed by atoms with E-state index in [2.05, 4.69) is 4.74 Å². The molecule has 0 spiro atoms. The summed E-state index contributed by atoms with van der Waals surface area (Å²) < 4.78 is 69.6. The van der Waals surface area contributed by atoms with Crippen LogP contribution in [0.2, 0.25) is 0 Å². The summed E-state index contributed by atoms with van der Waals surface area (Å²) in [7, 11) is -5.88. The highest BCUT2D eigenvalue weighted by atomic mass is 32.2. The van der Waals surface area contributed by atoms with Crippen LogP contribution in [-0.2, 0) is 33.9 Å². The lowest BCUT2D eigenvalue weighted by Gasteiger charge is -2.25. The van der Waals surface area contributed by atoms with Gasteiger partial charge in [0.25, 0.3) is 0 Å². The van der Waals surface area contributed by atoms with Gasteiger partial charge in [0.1, 0.15) is 12.7 Å². The van der Waals surface area contributed by atoms with Crippen LogP contribution in [0.1, 0.15) is 12.8 Å². The van der Waals surface area contributed by atoms with Gasteiger partial charge in [-0.1, -0.05) is 0 Å². The Kier molecular flexibility index (Phi) is 3.84. The van der Waals surface area contributed by atoms with Crippen molar-refractivity contribution in [2.75, 3.05) is 13.2 Å². The Morgan fingerprint density at radius 1 is 1.35 bits per heavy atom. The molecular weight excluding hydrogens is 342 g/mol. The van der Waals surface area contributed by atoms with Crippen LogP contribution in [0, 0.1) is 17.8 Å². The summed E-state index contributed by atoms with van der Waals surface area (Å²) in [6.45, 7) is -0.859. The number of ether oxygens (including phenoxy) is 3. The minimum atomic E-state index is -5.88. The van der Waals surface area contributed by atoms with E-state index in [1.807, 2.05) is 0 Å². The second-order valence-electron chi connectivity index (χ2n) is 5.87. The Balaban J connectivity index is 1.47. The maximum atomic E-state index is 12.9. The highest BCUT2D eigenvalue weighted by Crippen LogP contribution is 2.55. The summed E-state index contributed by atoms with van der Waals surface area (Å²) in [4.78, 5) is 22.5. The maximum Gasteiger partial charge on any atom is 0.465 e. The number of fused-ring (bicyclic) bond motifs is 1. The van der Waals surface area contributed by atoms with Crippen molar-refractivity contribution >= 4 is 22.1 Å². The highest BCUT2D eigenvalue weighted by molar-refractivity contribution is 7.87. The van der Waals surface area contributed by atoms with Crippen LogP contribution in [-0.4, -0.2) is 55.6 Å². The van der Waals surface area contributed by atoms with E-state index in [4.69, 9.17) is 14.0 Å². The first kappa shape index (κ1) is 16.5. The molecule has 5 atom stereocenters. The van der Waals surface area contributed by atoms with Gasteiger partial charge in [-0.25, -0.2) is 4.79 Å². The molecule has 3 aliphatic rings. The Morgan fingerprint density at radius 3 is 2.70 bits per heavy atom. The first-order chi connectivity index (χ1) is 10.6. The Morgan fingerprint density at radius 2 is 2.04 bits per heavy atom. The van der Waals surface area contributed by atoms with E-state index in [9.17, 15) is 26.8 Å². The van der Waals surface area contributed by atoms with Crippen molar-refractivity contribution in [3.63, 3.8) is 0 Å². The van der Waals surface area contributed by atoms with E-state index in [1.165, 1.54) is 0 Å². The molecule has 2 bridgehead atoms. The monoisotopic (exact) mass is 356 g/mol. The molecule has 1 aliphatic heterocycles. The second-order valence-corrected chi connectivity index (χ2v) is 7.33. The molecule has 3 rings (SSSR count). The molecule has 1 N–H and O–H groups in total. The van der Waals surface area contributed by atoms with E-state index >= 15 is 0 Å². The Labute approximate surface area is 129 Å². The Bertz CT molecular complexity index is 633. The molecule has 1 saturated heterocycles. The van der Waals surface area contributed by atoms with Gasteiger partial charge in [0.2, 0.25) is 0 Å². The smallest absolute Gasteiger partial charge is 0.459 e. The average molecular weight is 356 g/mol. The number of carbonyl (C=O) groups excluding carboxylic acids is 2. The molecule has 23 heavy (non-hydrogen) atoms. The molecule has 2 aliphatic carbocycles. The van der Waals surface area contributed by atoms with Crippen LogP contribution in [0.3, 0.4) is 0 Å². The predicted molar refractivity (Wildman–Crippen MR) is 66.8 cm³/mol. The van der Waals surface area contributed by atoms with Crippen LogP contribution >= 0.6 is 0 Å². The first-order valence-corrected chi connectivity index (χ1v) is 8.41. The van der Waals surface area contributed by atoms with Crippen molar-refractivity contribution in [3.05, 3.63) is 0 Å². The molecule has 0 amide bonds. The summed E-state index contributed by atoms with van der Waals surface area (Å²) in [6.07, 6.45) is 0.724. The van der Waals surface area contributed by atoms with Gasteiger partial charge in [0.05, 0.1) is 18.6 Å². The van der Waals surface area contributed by atoms with Crippen LogP contribution < -0.4 is 0 Å². The van der Waals surface area contributed by atoms with Gasteiger partial charge in [-0.2, -0.15) is 17.2 Å². The number of alkyl halides is 2. The second kappa shape index (κ2) is 5.35. The zero-order valence-corrected chi connectivity index (χ0v) is 12.5. The average Bonchev–Trinajstić information content (AvgIpc) is 3.05. The van der Waals surface area contributed by atoms with E-state index in [1.54, 1.807) is 0 Å². The molecule has 2 saturated carbocycles. The number of esters is 2. The quantitative estimate of drug-likeness (QED) is 0.401. The summed E-state index contributed by atoms with van der Waals surface area (Å²) in [5, 5.41) is -5.02. The largest absolute Gasteiger partial charge is 0.465 e. The van der Waals surface area contributed by atoms with Crippen molar-refractivity contribution in [1.29, 1.82) is 0 Å². The van der Waals surface area contributed by atoms with E-state index in [0.29, 0.717) is 6.42 Å². The zero-order valence-electron chi connectivity index (χ0n) is 11.7. The van der Waals surface area contributed by atoms with Gasteiger partial charge < -0.3 is 14.2 Å². The molecule has 0 aromatic carbocycles. The summed E-state index contributed by atoms with van der Waals surface area (Å²) in [5.74, 6) is -2.45. The van der Waals surface area contributed by atoms with Crippen molar-refractivity contribution in [2.24, 2.45) is 17.8 Å². The van der Waals surface area contributed by atoms with Gasteiger partial charge in [-0.3, -0.25) is 9.35 Å². The van der Waals surface area contributed by atoms with Gasteiger partial charge in [-0.15, -0.1) is 0 Å². The molecule has 0 radical (unpaired) electrons. The molecule has 5 unspecified atom stereocenters. The van der Waals surface area contributed by atoms with Gasteiger partial charge in [0, 0.05) is 5.92 Å². The third-order valence-electron chi connectivity index (χ3n) is 4.60. The number of carbonyl (C=O) groups is 2. The van der Waals surface area contributed by atoms with E-state index in [-0.39, 0.29) is 42.5 Å². The van der Waals surface area contributed by atoms with Crippen molar-refractivity contribution in [2.45, 2.75) is 30.3 Å². The van der Waals surface area contributed by atoms with Crippen LogP contribution in [0.25, 0.3) is 0 Å². The molecule has 3 fully saturated rings. The lowest BCUT2D eigenvalue weighted by atomic mass is 9.88. The third kappa shape index (κ3) is 2.60. The van der Waals surface area contributed by atoms with Crippen molar-refractivity contribution in [1.82, 2.24) is 0 Å². The van der Waals surface area contributed by atoms with Gasteiger partial charge >= 0.3 is 27.3 Å². The van der Waals surface area contributed by atoms with Crippen LogP contribution in [0.5, 0.6) is 0 Å². The van der Waals surface area contributed by atoms with E-state index in [0.717, 1.165) is 6.42 Å². The fourth-order valence-electron chi connectivity index (χ4n) is 3.64. The molecule has 0 aromatic rings. The van der Waals surface area contributed by atoms with Crippen molar-refractivity contribution in [3.8, 4) is 0 Å². The molecule has 1 heterocycles. The third-order valence-corrected chi connectivity index (χ3v) is 5.42. The lowest BCUT2D eigenvalue weighted by Crippen LogP contribution is -2.40. The minimum absolute atomic E-state index is 0.0869. The maximum absolute atomic E-state index is 12.9. The SMILES string of the molecule is O=C1OC2C3CC(CC13)C2OCCOC(=O)C(F)(F)S(=O)(=O)O. The summed E-state index contributed by atoms with van der Waals surface area (Å²) >= 11 is 0. The highest BCUT2D eigenvalue weighted by Gasteiger charge is 2.62. The van der Waals surface area contributed by atoms with Crippen molar-refractivity contribution < 1.29 is 45.6 Å². The fourth-order valence-corrected chi connectivity index (χ4v) is 3.91. The minimum Gasteiger partial charge on any atom is -0.459 e. The number of hydrogen-bond donors (Lipinski definition) is 1. The molecule has 130 valence electrons. The van der Waals surface area contributed by atoms with Crippen LogP contribution in [0.4, 0.5) is 8.78 Å². The molecular formula is C12H14F2O8S. The van der Waals surface area contributed by atoms with Gasteiger partial charge in [0.15, 0.2) is 0 Å². The number of hydrogen-bond acceptors (Lipinski definition) is 7. The normalized spacial score (nSPS) is 35.4. The zero-order chi connectivity index (χ0) is 17.0.